The van der Waals surface area contributed by atoms with Crippen molar-refractivity contribution in [2.75, 3.05) is 19.8 Å². The number of ether oxygens (including phenoxy) is 2. The van der Waals surface area contributed by atoms with Gasteiger partial charge in [0, 0.05) is 6.61 Å². The number of aliphatic hydroxyl groups is 3. The Hall–Kier alpha value is -0.460. The summed E-state index contributed by atoms with van der Waals surface area (Å²) in [6, 6.07) is 0. The highest BCUT2D eigenvalue weighted by Crippen LogP contribution is 2.18. The molecule has 31 heavy (non-hydrogen) atoms. The van der Waals surface area contributed by atoms with Crippen molar-refractivity contribution in [1.29, 1.82) is 0 Å². The third kappa shape index (κ3) is 14.3. The maximum Gasteiger partial charge on any atom is 0.111 e. The molecule has 1 fully saturated rings. The van der Waals surface area contributed by atoms with E-state index in [2.05, 4.69) is 19.1 Å². The highest BCUT2D eigenvalue weighted by molar-refractivity contribution is 4.87. The summed E-state index contributed by atoms with van der Waals surface area (Å²) >= 11 is 0. The lowest BCUT2D eigenvalue weighted by atomic mass is 10.0. The quantitative estimate of drug-likeness (QED) is 0.176. The van der Waals surface area contributed by atoms with E-state index in [1.165, 1.54) is 83.5 Å². The van der Waals surface area contributed by atoms with Gasteiger partial charge in [-0.2, -0.15) is 0 Å². The molecule has 5 heteroatoms. The van der Waals surface area contributed by atoms with E-state index >= 15 is 0 Å². The Labute approximate surface area is 191 Å². The van der Waals surface area contributed by atoms with Gasteiger partial charge in [-0.05, 0) is 25.7 Å². The number of rotatable bonds is 20. The highest BCUT2D eigenvalue weighted by atomic mass is 16.6. The van der Waals surface area contributed by atoms with E-state index in [0.29, 0.717) is 6.61 Å². The molecule has 0 amide bonds. The fraction of sp³-hybridized carbons (Fsp3) is 0.923. The van der Waals surface area contributed by atoms with E-state index in [9.17, 15) is 10.2 Å². The highest BCUT2D eigenvalue weighted by Gasteiger charge is 2.38. The minimum atomic E-state index is -1.08. The molecule has 5 nitrogen and oxygen atoms in total. The van der Waals surface area contributed by atoms with Gasteiger partial charge >= 0.3 is 0 Å². The van der Waals surface area contributed by atoms with Crippen molar-refractivity contribution in [3.63, 3.8) is 0 Å². The van der Waals surface area contributed by atoms with Crippen molar-refractivity contribution in [2.45, 2.75) is 134 Å². The van der Waals surface area contributed by atoms with E-state index in [1.54, 1.807) is 0 Å². The molecule has 0 spiro atoms. The van der Waals surface area contributed by atoms with E-state index in [0.717, 1.165) is 19.3 Å². The van der Waals surface area contributed by atoms with Crippen LogP contribution in [0.1, 0.15) is 110 Å². The minimum Gasteiger partial charge on any atom is -0.394 e. The van der Waals surface area contributed by atoms with Crippen LogP contribution in [0.5, 0.6) is 0 Å². The van der Waals surface area contributed by atoms with Crippen LogP contribution < -0.4 is 0 Å². The second kappa shape index (κ2) is 20.2. The molecule has 1 saturated heterocycles. The SMILES string of the molecule is CC/C=C/CCCCCCCCCCCCCCCCO[C@@H]1CO[C@@H](CO)[C@H](O)[C@H]1O. The van der Waals surface area contributed by atoms with Crippen molar-refractivity contribution in [3.05, 3.63) is 12.2 Å². The molecular formula is C26H50O5. The van der Waals surface area contributed by atoms with Gasteiger partial charge in [0.2, 0.25) is 0 Å². The van der Waals surface area contributed by atoms with Crippen LogP contribution in [0.2, 0.25) is 0 Å². The van der Waals surface area contributed by atoms with Gasteiger partial charge in [-0.25, -0.2) is 0 Å². The summed E-state index contributed by atoms with van der Waals surface area (Å²) in [6.45, 7) is 2.71. The number of allylic oxidation sites excluding steroid dienone is 2. The summed E-state index contributed by atoms with van der Waals surface area (Å²) in [4.78, 5) is 0. The topological polar surface area (TPSA) is 79.2 Å². The third-order valence-corrected chi connectivity index (χ3v) is 6.27. The third-order valence-electron chi connectivity index (χ3n) is 6.27. The van der Waals surface area contributed by atoms with Crippen molar-refractivity contribution >= 4 is 0 Å². The molecule has 184 valence electrons. The van der Waals surface area contributed by atoms with Gasteiger partial charge in [-0.3, -0.25) is 0 Å². The molecule has 0 aromatic rings. The van der Waals surface area contributed by atoms with Crippen molar-refractivity contribution in [2.24, 2.45) is 0 Å². The Balaban J connectivity index is 1.78. The molecule has 0 unspecified atom stereocenters. The lowest BCUT2D eigenvalue weighted by Crippen LogP contribution is -2.55. The fourth-order valence-electron chi connectivity index (χ4n) is 4.17. The Kier molecular flexibility index (Phi) is 18.6. The molecule has 4 atom stereocenters. The van der Waals surface area contributed by atoms with Crippen LogP contribution in [-0.4, -0.2) is 59.6 Å². The summed E-state index contributed by atoms with van der Waals surface area (Å²) in [5.41, 5.74) is 0. The van der Waals surface area contributed by atoms with Crippen molar-refractivity contribution < 1.29 is 24.8 Å². The minimum absolute atomic E-state index is 0.222. The van der Waals surface area contributed by atoms with Gasteiger partial charge < -0.3 is 24.8 Å². The first-order valence-corrected chi connectivity index (χ1v) is 13.1. The van der Waals surface area contributed by atoms with Gasteiger partial charge in [0.15, 0.2) is 0 Å². The van der Waals surface area contributed by atoms with Gasteiger partial charge in [0.25, 0.3) is 0 Å². The monoisotopic (exact) mass is 442 g/mol. The van der Waals surface area contributed by atoms with E-state index in [-0.39, 0.29) is 13.2 Å². The lowest BCUT2D eigenvalue weighted by molar-refractivity contribution is -0.208. The summed E-state index contributed by atoms with van der Waals surface area (Å²) in [5.74, 6) is 0. The summed E-state index contributed by atoms with van der Waals surface area (Å²) in [7, 11) is 0. The molecule has 3 N–H and O–H groups in total. The van der Waals surface area contributed by atoms with Gasteiger partial charge in [-0.15, -0.1) is 0 Å². The first-order valence-electron chi connectivity index (χ1n) is 13.1. The molecule has 1 aliphatic rings. The van der Waals surface area contributed by atoms with Crippen LogP contribution in [0.15, 0.2) is 12.2 Å². The number of aliphatic hydroxyl groups excluding tert-OH is 3. The van der Waals surface area contributed by atoms with Crippen LogP contribution >= 0.6 is 0 Å². The molecule has 1 rings (SSSR count). The zero-order valence-electron chi connectivity index (χ0n) is 20.1. The van der Waals surface area contributed by atoms with Crippen LogP contribution in [0.3, 0.4) is 0 Å². The van der Waals surface area contributed by atoms with Gasteiger partial charge in [-0.1, -0.05) is 96.1 Å². The molecule has 0 aromatic heterocycles. The van der Waals surface area contributed by atoms with Gasteiger partial charge in [0.05, 0.1) is 13.2 Å². The maximum atomic E-state index is 10.0. The van der Waals surface area contributed by atoms with E-state index in [1.807, 2.05) is 0 Å². The Morgan fingerprint density at radius 3 is 1.77 bits per heavy atom. The molecule has 0 aromatic carbocycles. The van der Waals surface area contributed by atoms with Crippen molar-refractivity contribution in [1.82, 2.24) is 0 Å². The molecule has 0 bridgehead atoms. The van der Waals surface area contributed by atoms with Gasteiger partial charge in [0.1, 0.15) is 24.4 Å². The summed E-state index contributed by atoms with van der Waals surface area (Å²) in [5, 5.41) is 28.9. The molecule has 0 radical (unpaired) electrons. The Morgan fingerprint density at radius 1 is 0.742 bits per heavy atom. The second-order valence-corrected chi connectivity index (χ2v) is 9.06. The summed E-state index contributed by atoms with van der Waals surface area (Å²) < 4.78 is 11.0. The van der Waals surface area contributed by atoms with Crippen LogP contribution in [0.25, 0.3) is 0 Å². The number of unbranched alkanes of at least 4 members (excludes halogenated alkanes) is 14. The zero-order chi connectivity index (χ0) is 22.6. The zero-order valence-corrected chi connectivity index (χ0v) is 20.1. The molecular weight excluding hydrogens is 392 g/mol. The fourth-order valence-corrected chi connectivity index (χ4v) is 4.17. The smallest absolute Gasteiger partial charge is 0.111 e. The van der Waals surface area contributed by atoms with Crippen LogP contribution in [-0.2, 0) is 9.47 Å². The summed E-state index contributed by atoms with van der Waals surface area (Å²) in [6.07, 6.45) is 22.2. The Morgan fingerprint density at radius 2 is 1.26 bits per heavy atom. The predicted molar refractivity (Wildman–Crippen MR) is 127 cm³/mol. The molecule has 0 saturated carbocycles. The van der Waals surface area contributed by atoms with E-state index in [4.69, 9.17) is 14.6 Å². The van der Waals surface area contributed by atoms with Crippen LogP contribution in [0.4, 0.5) is 0 Å². The number of hydrogen-bond donors (Lipinski definition) is 3. The normalized spacial score (nSPS) is 24.3. The van der Waals surface area contributed by atoms with Crippen molar-refractivity contribution in [3.8, 4) is 0 Å². The average molecular weight is 443 g/mol. The number of hydrogen-bond acceptors (Lipinski definition) is 5. The molecule has 1 aliphatic heterocycles. The maximum absolute atomic E-state index is 10.0. The largest absolute Gasteiger partial charge is 0.394 e. The molecule has 1 heterocycles. The van der Waals surface area contributed by atoms with Crippen LogP contribution in [0, 0.1) is 0 Å². The van der Waals surface area contributed by atoms with E-state index < -0.39 is 24.4 Å². The standard InChI is InChI=1S/C26H50O5/c1-2-3-4-5-6-7-8-9-10-11-12-13-14-15-16-17-18-19-20-30-24-22-31-23(21-27)25(28)26(24)29/h3-4,23-29H,2,5-22H2,1H3/b4-3+/t23-,24+,25-,26-/m0/s1. The first kappa shape index (κ1) is 28.6. The predicted octanol–water partition coefficient (Wildman–Crippen LogP) is 5.30. The lowest BCUT2D eigenvalue weighted by Gasteiger charge is -2.36. The molecule has 0 aliphatic carbocycles. The average Bonchev–Trinajstić information content (AvgIpc) is 2.78. The second-order valence-electron chi connectivity index (χ2n) is 9.06. The first-order chi connectivity index (χ1) is 15.2. The Bertz CT molecular complexity index is 415.